The topological polar surface area (TPSA) is 93.4 Å². The van der Waals surface area contributed by atoms with Crippen LogP contribution in [0.25, 0.3) is 0 Å². The Morgan fingerprint density at radius 3 is 2.42 bits per heavy atom. The Balaban J connectivity index is 1.40. The second-order valence-electron chi connectivity index (χ2n) is 9.00. The second kappa shape index (κ2) is 12.5. The third-order valence-electron chi connectivity index (χ3n) is 6.42. The number of carbonyl (C=O) groups excluding carboxylic acids is 1. The molecule has 1 aliphatic heterocycles. The smallest absolute Gasteiger partial charge is 0.251 e. The van der Waals surface area contributed by atoms with Crippen molar-refractivity contribution in [3.05, 3.63) is 46.8 Å². The van der Waals surface area contributed by atoms with E-state index in [4.69, 9.17) is 10.5 Å². The molecule has 3 rings (SSSR count). The number of nitrogens with zero attached hydrogens (tertiary/aromatic N) is 3. The molecule has 33 heavy (non-hydrogen) atoms. The van der Waals surface area contributed by atoms with Gasteiger partial charge in [0, 0.05) is 37.6 Å². The van der Waals surface area contributed by atoms with E-state index >= 15 is 0 Å². The van der Waals surface area contributed by atoms with Gasteiger partial charge in [-0.3, -0.25) is 4.79 Å². The molecule has 7 heteroatoms. The summed E-state index contributed by atoms with van der Waals surface area (Å²) in [5.74, 6) is 2.38. The summed E-state index contributed by atoms with van der Waals surface area (Å²) < 4.78 is 6.03. The summed E-state index contributed by atoms with van der Waals surface area (Å²) in [6, 6.07) is 3.93. The first-order valence-corrected chi connectivity index (χ1v) is 12.3. The minimum atomic E-state index is -0.0388. The molecule has 0 saturated carbocycles. The van der Waals surface area contributed by atoms with Crippen molar-refractivity contribution >= 4 is 11.9 Å². The minimum Gasteiger partial charge on any atom is -0.494 e. The van der Waals surface area contributed by atoms with Gasteiger partial charge in [-0.2, -0.15) is 0 Å². The molecule has 0 radical (unpaired) electrons. The standard InChI is InChI=1S/C26H39N5O2/c1-4-21-17-29-26(30-18-21)31-12-8-22(9-13-31)7-5-14-33-23-15-19(2)24(20(3)16-23)25(32)28-11-6-10-27/h15-18,22H,4-14,27H2,1-3H3,(H,28,32). The lowest BCUT2D eigenvalue weighted by Crippen LogP contribution is -2.35. The Kier molecular flexibility index (Phi) is 9.48. The Morgan fingerprint density at radius 1 is 1.15 bits per heavy atom. The zero-order chi connectivity index (χ0) is 23.6. The van der Waals surface area contributed by atoms with Gasteiger partial charge in [0.1, 0.15) is 5.75 Å². The maximum absolute atomic E-state index is 12.4. The molecular weight excluding hydrogens is 414 g/mol. The zero-order valence-electron chi connectivity index (χ0n) is 20.4. The quantitative estimate of drug-likeness (QED) is 0.503. The highest BCUT2D eigenvalue weighted by atomic mass is 16.5. The van der Waals surface area contributed by atoms with Crippen LogP contribution in [0.1, 0.15) is 66.1 Å². The van der Waals surface area contributed by atoms with E-state index in [1.807, 2.05) is 38.4 Å². The van der Waals surface area contributed by atoms with Crippen molar-refractivity contribution in [2.75, 3.05) is 37.7 Å². The number of benzene rings is 1. The van der Waals surface area contributed by atoms with E-state index in [0.29, 0.717) is 19.7 Å². The number of carbonyl (C=O) groups is 1. The first-order chi connectivity index (χ1) is 16.0. The molecule has 0 spiro atoms. The molecule has 180 valence electrons. The van der Waals surface area contributed by atoms with Gasteiger partial charge < -0.3 is 20.7 Å². The largest absolute Gasteiger partial charge is 0.494 e. The Bertz CT molecular complexity index is 869. The highest BCUT2D eigenvalue weighted by molar-refractivity contribution is 5.97. The fourth-order valence-corrected chi connectivity index (χ4v) is 4.44. The van der Waals surface area contributed by atoms with Gasteiger partial charge in [-0.1, -0.05) is 6.92 Å². The third kappa shape index (κ3) is 7.16. The van der Waals surface area contributed by atoms with Crippen LogP contribution in [0.2, 0.25) is 0 Å². The maximum Gasteiger partial charge on any atom is 0.251 e. The van der Waals surface area contributed by atoms with E-state index in [0.717, 1.165) is 66.7 Å². The van der Waals surface area contributed by atoms with Crippen molar-refractivity contribution in [1.29, 1.82) is 0 Å². The summed E-state index contributed by atoms with van der Waals surface area (Å²) in [5.41, 5.74) is 9.30. The number of aromatic nitrogens is 2. The summed E-state index contributed by atoms with van der Waals surface area (Å²) in [6.07, 6.45) is 10.2. The molecule has 3 N–H and O–H groups in total. The Labute approximate surface area is 198 Å². The van der Waals surface area contributed by atoms with Crippen LogP contribution in [0.4, 0.5) is 5.95 Å². The lowest BCUT2D eigenvalue weighted by Gasteiger charge is -2.32. The van der Waals surface area contributed by atoms with Crippen molar-refractivity contribution < 1.29 is 9.53 Å². The lowest BCUT2D eigenvalue weighted by molar-refractivity contribution is 0.0952. The molecule has 1 aromatic heterocycles. The molecule has 1 saturated heterocycles. The zero-order valence-corrected chi connectivity index (χ0v) is 20.4. The molecule has 0 aliphatic carbocycles. The summed E-state index contributed by atoms with van der Waals surface area (Å²) in [7, 11) is 0. The van der Waals surface area contributed by atoms with Crippen LogP contribution in [0.15, 0.2) is 24.5 Å². The van der Waals surface area contributed by atoms with Crippen LogP contribution in [0, 0.1) is 19.8 Å². The number of hydrogen-bond acceptors (Lipinski definition) is 6. The van der Waals surface area contributed by atoms with Gasteiger partial charge in [0.05, 0.1) is 6.61 Å². The highest BCUT2D eigenvalue weighted by Gasteiger charge is 2.21. The number of rotatable bonds is 11. The first-order valence-electron chi connectivity index (χ1n) is 12.3. The number of ether oxygens (including phenoxy) is 1. The number of hydrogen-bond donors (Lipinski definition) is 2. The van der Waals surface area contributed by atoms with Gasteiger partial charge in [-0.05, 0) is 93.7 Å². The van der Waals surface area contributed by atoms with E-state index in [1.165, 1.54) is 24.8 Å². The Hall–Kier alpha value is -2.67. The van der Waals surface area contributed by atoms with Gasteiger partial charge in [0.15, 0.2) is 0 Å². The average Bonchev–Trinajstić information content (AvgIpc) is 2.82. The van der Waals surface area contributed by atoms with Gasteiger partial charge >= 0.3 is 0 Å². The molecule has 2 aromatic rings. The van der Waals surface area contributed by atoms with Crippen molar-refractivity contribution in [2.24, 2.45) is 11.7 Å². The average molecular weight is 454 g/mol. The minimum absolute atomic E-state index is 0.0388. The molecule has 0 atom stereocenters. The van der Waals surface area contributed by atoms with Crippen LogP contribution in [0.3, 0.4) is 0 Å². The number of nitrogens with one attached hydrogen (secondary N) is 1. The SMILES string of the molecule is CCc1cnc(N2CCC(CCCOc3cc(C)c(C(=O)NCCCN)c(C)c3)CC2)nc1. The van der Waals surface area contributed by atoms with Crippen LogP contribution in [-0.4, -0.2) is 48.7 Å². The number of aryl methyl sites for hydroxylation is 3. The van der Waals surface area contributed by atoms with E-state index in [9.17, 15) is 4.79 Å². The molecule has 1 aliphatic rings. The molecule has 1 amide bonds. The van der Waals surface area contributed by atoms with Crippen LogP contribution in [-0.2, 0) is 6.42 Å². The van der Waals surface area contributed by atoms with Gasteiger partial charge in [-0.25, -0.2) is 9.97 Å². The molecule has 1 fully saturated rings. The normalized spacial score (nSPS) is 14.4. The summed E-state index contributed by atoms with van der Waals surface area (Å²) in [5, 5.41) is 2.94. The monoisotopic (exact) mass is 453 g/mol. The summed E-state index contributed by atoms with van der Waals surface area (Å²) in [6.45, 7) is 9.96. The molecular formula is C26H39N5O2. The molecule has 7 nitrogen and oxygen atoms in total. The van der Waals surface area contributed by atoms with Crippen molar-refractivity contribution in [2.45, 2.75) is 59.3 Å². The van der Waals surface area contributed by atoms with Gasteiger partial charge in [0.25, 0.3) is 5.91 Å². The van der Waals surface area contributed by atoms with E-state index in [1.54, 1.807) is 0 Å². The third-order valence-corrected chi connectivity index (χ3v) is 6.42. The van der Waals surface area contributed by atoms with Crippen LogP contribution < -0.4 is 20.7 Å². The van der Waals surface area contributed by atoms with Crippen LogP contribution >= 0.6 is 0 Å². The molecule has 0 bridgehead atoms. The van der Waals surface area contributed by atoms with E-state index < -0.39 is 0 Å². The molecule has 0 unspecified atom stereocenters. The van der Waals surface area contributed by atoms with Gasteiger partial charge in [-0.15, -0.1) is 0 Å². The first kappa shape index (κ1) is 25.0. The highest BCUT2D eigenvalue weighted by Crippen LogP contribution is 2.25. The second-order valence-corrected chi connectivity index (χ2v) is 9.00. The van der Waals surface area contributed by atoms with Gasteiger partial charge in [0.2, 0.25) is 5.95 Å². The lowest BCUT2D eigenvalue weighted by atomic mass is 9.92. The number of amides is 1. The predicted molar refractivity (Wildman–Crippen MR) is 133 cm³/mol. The van der Waals surface area contributed by atoms with Crippen LogP contribution in [0.5, 0.6) is 5.75 Å². The number of nitrogens with two attached hydrogens (primary N) is 1. The summed E-state index contributed by atoms with van der Waals surface area (Å²) in [4.78, 5) is 23.8. The van der Waals surface area contributed by atoms with Crippen molar-refractivity contribution in [1.82, 2.24) is 15.3 Å². The number of anilines is 1. The Morgan fingerprint density at radius 2 is 1.82 bits per heavy atom. The van der Waals surface area contributed by atoms with E-state index in [2.05, 4.69) is 27.1 Å². The predicted octanol–water partition coefficient (Wildman–Crippen LogP) is 3.81. The maximum atomic E-state index is 12.4. The molecule has 2 heterocycles. The summed E-state index contributed by atoms with van der Waals surface area (Å²) >= 11 is 0. The van der Waals surface area contributed by atoms with Crippen molar-refractivity contribution in [3.8, 4) is 5.75 Å². The fraction of sp³-hybridized carbons (Fsp3) is 0.577. The van der Waals surface area contributed by atoms with E-state index in [-0.39, 0.29) is 5.91 Å². The fourth-order valence-electron chi connectivity index (χ4n) is 4.44. The van der Waals surface area contributed by atoms with Crippen molar-refractivity contribution in [3.63, 3.8) is 0 Å². The molecule has 1 aromatic carbocycles. The number of piperidine rings is 1.